The number of nitrogens with one attached hydrogen (secondary N) is 1. The molecule has 2 unspecified atom stereocenters. The van der Waals surface area contributed by atoms with Crippen LogP contribution in [0.1, 0.15) is 28.0 Å². The summed E-state index contributed by atoms with van der Waals surface area (Å²) < 4.78 is 29.3. The molecule has 11 heteroatoms. The first-order valence-electron chi connectivity index (χ1n) is 11.0. The fourth-order valence-electron chi connectivity index (χ4n) is 4.80. The van der Waals surface area contributed by atoms with Crippen LogP contribution in [-0.2, 0) is 17.1 Å². The van der Waals surface area contributed by atoms with E-state index in [1.54, 1.807) is 30.4 Å². The molecule has 2 aliphatic rings. The van der Waals surface area contributed by atoms with Crippen molar-refractivity contribution < 1.29 is 13.2 Å². The number of rotatable bonds is 7. The van der Waals surface area contributed by atoms with Gasteiger partial charge in [0.1, 0.15) is 10.0 Å². The largest absolute Gasteiger partial charge is 0.352 e. The molecule has 33 heavy (non-hydrogen) atoms. The van der Waals surface area contributed by atoms with Crippen LogP contribution >= 0.6 is 23.2 Å². The number of hydrogen-bond acceptors (Lipinski definition) is 5. The Kier molecular flexibility index (Phi) is 7.08. The van der Waals surface area contributed by atoms with E-state index in [0.29, 0.717) is 47.8 Å². The van der Waals surface area contributed by atoms with Crippen molar-refractivity contribution in [3.05, 3.63) is 45.2 Å². The van der Waals surface area contributed by atoms with Gasteiger partial charge in [-0.25, -0.2) is 8.42 Å². The van der Waals surface area contributed by atoms with E-state index in [1.807, 2.05) is 13.0 Å². The molecule has 2 aliphatic heterocycles. The maximum Gasteiger partial charge on any atom is 0.251 e. The first-order valence-corrected chi connectivity index (χ1v) is 13.2. The topological polar surface area (TPSA) is 87.5 Å². The second-order valence-electron chi connectivity index (χ2n) is 9.00. The van der Waals surface area contributed by atoms with Crippen molar-refractivity contribution in [1.29, 1.82) is 0 Å². The van der Waals surface area contributed by atoms with Crippen LogP contribution < -0.4 is 5.32 Å². The van der Waals surface area contributed by atoms with E-state index >= 15 is 0 Å². The lowest BCUT2D eigenvalue weighted by Gasteiger charge is -2.21. The molecule has 2 aromatic rings. The zero-order valence-electron chi connectivity index (χ0n) is 19.0. The summed E-state index contributed by atoms with van der Waals surface area (Å²) in [5, 5.41) is 7.83. The van der Waals surface area contributed by atoms with Crippen molar-refractivity contribution >= 4 is 39.1 Å². The van der Waals surface area contributed by atoms with Crippen molar-refractivity contribution in [2.45, 2.75) is 25.2 Å². The molecule has 2 atom stereocenters. The van der Waals surface area contributed by atoms with Crippen LogP contribution in [0, 0.1) is 25.7 Å². The number of nitrogens with zero attached hydrogens (tertiary/aromatic N) is 4. The van der Waals surface area contributed by atoms with Crippen LogP contribution in [0.15, 0.2) is 23.1 Å². The number of carbonyl (C=O) groups excluding carboxylic acids is 1. The van der Waals surface area contributed by atoms with Crippen LogP contribution in [-0.4, -0.2) is 72.6 Å². The molecular formula is C22H29Cl2N5O3S. The highest BCUT2D eigenvalue weighted by Gasteiger charge is 2.45. The van der Waals surface area contributed by atoms with Gasteiger partial charge in [-0.1, -0.05) is 29.3 Å². The zero-order valence-corrected chi connectivity index (χ0v) is 21.3. The number of aryl methyl sites for hydroxylation is 3. The Morgan fingerprint density at radius 3 is 2.39 bits per heavy atom. The van der Waals surface area contributed by atoms with Crippen molar-refractivity contribution in [1.82, 2.24) is 24.3 Å². The van der Waals surface area contributed by atoms with Crippen LogP contribution in [0.3, 0.4) is 0 Å². The van der Waals surface area contributed by atoms with Gasteiger partial charge in [0.05, 0.1) is 5.69 Å². The van der Waals surface area contributed by atoms with E-state index in [0.717, 1.165) is 31.6 Å². The molecule has 1 aromatic carbocycles. The number of likely N-dealkylation sites (tertiary alicyclic amines) is 1. The van der Waals surface area contributed by atoms with E-state index < -0.39 is 10.0 Å². The van der Waals surface area contributed by atoms with Gasteiger partial charge in [0, 0.05) is 50.4 Å². The van der Waals surface area contributed by atoms with Crippen LogP contribution in [0.5, 0.6) is 0 Å². The predicted octanol–water partition coefficient (Wildman–Crippen LogP) is 2.72. The van der Waals surface area contributed by atoms with Gasteiger partial charge in [-0.15, -0.1) is 0 Å². The molecular weight excluding hydrogens is 485 g/mol. The first kappa shape index (κ1) is 24.5. The molecule has 1 N–H and O–H groups in total. The third-order valence-electron chi connectivity index (χ3n) is 6.60. The van der Waals surface area contributed by atoms with Crippen LogP contribution in [0.4, 0.5) is 0 Å². The molecule has 0 radical (unpaired) electrons. The lowest BCUT2D eigenvalue weighted by Crippen LogP contribution is -2.34. The molecule has 3 heterocycles. The summed E-state index contributed by atoms with van der Waals surface area (Å²) in [5.41, 5.74) is 1.93. The van der Waals surface area contributed by atoms with Gasteiger partial charge in [-0.3, -0.25) is 9.48 Å². The molecule has 180 valence electrons. The molecule has 4 rings (SSSR count). The Morgan fingerprint density at radius 1 is 1.15 bits per heavy atom. The average molecular weight is 514 g/mol. The number of sulfonamides is 1. The standard InChI is InChI=1S/C22H29Cl2N5O3S/c1-14-5-6-16(9-19(14)23)22(30)25-7-4-8-28-10-17-12-29(13-18(17)11-28)33(31,32)20-15(2)26-27(3)21(20)24/h5-6,9,17-18H,4,7-8,10-13H2,1-3H3,(H,25,30). The Morgan fingerprint density at radius 2 is 1.82 bits per heavy atom. The Labute approximate surface area is 204 Å². The number of halogens is 2. The molecule has 2 saturated heterocycles. The van der Waals surface area contributed by atoms with E-state index in [-0.39, 0.29) is 16.0 Å². The monoisotopic (exact) mass is 513 g/mol. The van der Waals surface area contributed by atoms with Crippen molar-refractivity contribution in [2.24, 2.45) is 18.9 Å². The average Bonchev–Trinajstić information content (AvgIpc) is 3.39. The third kappa shape index (κ3) is 4.93. The smallest absolute Gasteiger partial charge is 0.251 e. The molecule has 2 fully saturated rings. The van der Waals surface area contributed by atoms with E-state index in [4.69, 9.17) is 23.2 Å². The minimum Gasteiger partial charge on any atom is -0.352 e. The molecule has 1 aromatic heterocycles. The Bertz CT molecular complexity index is 1150. The normalized spacial score (nSPS) is 21.5. The minimum atomic E-state index is -3.66. The maximum absolute atomic E-state index is 13.2. The summed E-state index contributed by atoms with van der Waals surface area (Å²) in [6.45, 7) is 7.73. The molecule has 1 amide bonds. The summed E-state index contributed by atoms with van der Waals surface area (Å²) >= 11 is 12.3. The molecule has 0 aliphatic carbocycles. The Balaban J connectivity index is 1.24. The third-order valence-corrected chi connectivity index (χ3v) is 9.53. The summed E-state index contributed by atoms with van der Waals surface area (Å²) in [6, 6.07) is 5.30. The highest BCUT2D eigenvalue weighted by atomic mass is 35.5. The SMILES string of the molecule is Cc1ccc(C(=O)NCCCN2CC3CN(S(=O)(=O)c4c(C)nn(C)c4Cl)CC3C2)cc1Cl. The lowest BCUT2D eigenvalue weighted by atomic mass is 10.0. The molecule has 0 saturated carbocycles. The van der Waals surface area contributed by atoms with Gasteiger partial charge in [0.25, 0.3) is 5.91 Å². The molecule has 0 spiro atoms. The Hall–Kier alpha value is -1.65. The van der Waals surface area contributed by atoms with Gasteiger partial charge in [0.15, 0.2) is 0 Å². The first-order chi connectivity index (χ1) is 15.6. The molecule has 0 bridgehead atoms. The second-order valence-corrected chi connectivity index (χ2v) is 11.6. The van der Waals surface area contributed by atoms with Gasteiger partial charge >= 0.3 is 0 Å². The zero-order chi connectivity index (χ0) is 23.9. The number of amides is 1. The van der Waals surface area contributed by atoms with Gasteiger partial charge < -0.3 is 10.2 Å². The van der Waals surface area contributed by atoms with Crippen LogP contribution in [0.25, 0.3) is 0 Å². The van der Waals surface area contributed by atoms with E-state index in [1.165, 1.54) is 4.68 Å². The summed E-state index contributed by atoms with van der Waals surface area (Å²) in [6.07, 6.45) is 0.831. The second kappa shape index (κ2) is 9.54. The van der Waals surface area contributed by atoms with E-state index in [9.17, 15) is 13.2 Å². The minimum absolute atomic E-state index is 0.120. The summed E-state index contributed by atoms with van der Waals surface area (Å²) in [4.78, 5) is 14.8. The fourth-order valence-corrected chi connectivity index (χ4v) is 7.24. The number of hydrogen-bond donors (Lipinski definition) is 1. The highest BCUT2D eigenvalue weighted by molar-refractivity contribution is 7.89. The summed E-state index contributed by atoms with van der Waals surface area (Å²) in [7, 11) is -2.02. The lowest BCUT2D eigenvalue weighted by molar-refractivity contribution is 0.0952. The van der Waals surface area contributed by atoms with Gasteiger partial charge in [0.2, 0.25) is 10.0 Å². The number of benzene rings is 1. The number of aromatic nitrogens is 2. The highest BCUT2D eigenvalue weighted by Crippen LogP contribution is 2.36. The fraction of sp³-hybridized carbons (Fsp3) is 0.545. The van der Waals surface area contributed by atoms with Crippen molar-refractivity contribution in [2.75, 3.05) is 39.3 Å². The van der Waals surface area contributed by atoms with Gasteiger partial charge in [-0.05, 0) is 56.3 Å². The number of carbonyl (C=O) groups is 1. The predicted molar refractivity (Wildman–Crippen MR) is 128 cm³/mol. The van der Waals surface area contributed by atoms with Gasteiger partial charge in [-0.2, -0.15) is 9.40 Å². The number of fused-ring (bicyclic) bond motifs is 1. The summed E-state index contributed by atoms with van der Waals surface area (Å²) in [5.74, 6) is 0.486. The van der Waals surface area contributed by atoms with Crippen molar-refractivity contribution in [3.63, 3.8) is 0 Å². The molecule has 8 nitrogen and oxygen atoms in total. The van der Waals surface area contributed by atoms with Crippen molar-refractivity contribution in [3.8, 4) is 0 Å². The van der Waals surface area contributed by atoms with E-state index in [2.05, 4.69) is 15.3 Å². The van der Waals surface area contributed by atoms with Crippen LogP contribution in [0.2, 0.25) is 10.2 Å². The maximum atomic E-state index is 13.2. The quantitative estimate of drug-likeness (QED) is 0.575.